The van der Waals surface area contributed by atoms with E-state index in [9.17, 15) is 14.4 Å². The van der Waals surface area contributed by atoms with Gasteiger partial charge in [-0.3, -0.25) is 19.0 Å². The Morgan fingerprint density at radius 3 is 2.78 bits per heavy atom. The highest BCUT2D eigenvalue weighted by Crippen LogP contribution is 2.10. The topological polar surface area (TPSA) is 65.4 Å². The van der Waals surface area contributed by atoms with Gasteiger partial charge in [0, 0.05) is 11.8 Å². The van der Waals surface area contributed by atoms with Gasteiger partial charge in [-0.15, -0.1) is 0 Å². The summed E-state index contributed by atoms with van der Waals surface area (Å²) in [6.07, 6.45) is 0. The second kappa shape index (κ2) is 5.24. The first kappa shape index (κ1) is 12.7. The summed E-state index contributed by atoms with van der Waals surface area (Å²) in [4.78, 5) is 34.9. The lowest BCUT2D eigenvalue weighted by Crippen LogP contribution is -2.34. The minimum absolute atomic E-state index is 0.108. The highest BCUT2D eigenvalue weighted by Gasteiger charge is 2.11. The van der Waals surface area contributed by atoms with E-state index in [2.05, 4.69) is 4.74 Å². The Balaban J connectivity index is 2.55. The van der Waals surface area contributed by atoms with E-state index in [1.54, 1.807) is 24.3 Å². The van der Waals surface area contributed by atoms with Crippen molar-refractivity contribution in [3.8, 4) is 0 Å². The van der Waals surface area contributed by atoms with Gasteiger partial charge in [-0.25, -0.2) is 0 Å². The Labute approximate surface area is 106 Å². The van der Waals surface area contributed by atoms with Gasteiger partial charge in [0.1, 0.15) is 6.61 Å². The first-order valence-electron chi connectivity index (χ1n) is 5.27. The van der Waals surface area contributed by atoms with Gasteiger partial charge in [0.05, 0.1) is 11.9 Å². The molecule has 94 valence electrons. The SMILES string of the molecule is COCC(=O)Cn1c(=O)sc2ccccc2c1=O. The van der Waals surface area contributed by atoms with Gasteiger partial charge in [0.2, 0.25) is 0 Å². The third-order valence-corrected chi connectivity index (χ3v) is 3.39. The van der Waals surface area contributed by atoms with Crippen LogP contribution >= 0.6 is 11.3 Å². The molecule has 2 aromatic rings. The number of hydrogen-bond donors (Lipinski definition) is 0. The van der Waals surface area contributed by atoms with Gasteiger partial charge in [-0.05, 0) is 12.1 Å². The molecule has 0 aliphatic carbocycles. The van der Waals surface area contributed by atoms with Crippen LogP contribution in [0.1, 0.15) is 0 Å². The molecule has 6 heteroatoms. The molecule has 0 saturated heterocycles. The van der Waals surface area contributed by atoms with Crippen molar-refractivity contribution in [2.75, 3.05) is 13.7 Å². The number of benzene rings is 1. The Hall–Kier alpha value is -1.79. The van der Waals surface area contributed by atoms with Crippen LogP contribution in [-0.2, 0) is 16.1 Å². The highest BCUT2D eigenvalue weighted by atomic mass is 32.1. The number of ketones is 1. The Morgan fingerprint density at radius 2 is 2.06 bits per heavy atom. The van der Waals surface area contributed by atoms with E-state index in [1.807, 2.05) is 0 Å². The summed E-state index contributed by atoms with van der Waals surface area (Å²) in [5.74, 6) is -0.306. The summed E-state index contributed by atoms with van der Waals surface area (Å²) in [6, 6.07) is 6.84. The Bertz CT molecular complexity index is 701. The van der Waals surface area contributed by atoms with Gasteiger partial charge in [-0.2, -0.15) is 0 Å². The van der Waals surface area contributed by atoms with Gasteiger partial charge >= 0.3 is 4.87 Å². The average Bonchev–Trinajstić information content (AvgIpc) is 2.35. The number of fused-ring (bicyclic) bond motifs is 1. The zero-order valence-corrected chi connectivity index (χ0v) is 10.5. The van der Waals surface area contributed by atoms with Crippen LogP contribution in [0.2, 0.25) is 0 Å². The number of carbonyl (C=O) groups is 1. The van der Waals surface area contributed by atoms with E-state index in [-0.39, 0.29) is 18.9 Å². The second-order valence-corrected chi connectivity index (χ2v) is 4.72. The van der Waals surface area contributed by atoms with Gasteiger partial charge in [0.15, 0.2) is 5.78 Å². The van der Waals surface area contributed by atoms with Crippen LogP contribution in [0, 0.1) is 0 Å². The predicted molar refractivity (Wildman–Crippen MR) is 69.2 cm³/mol. The molecular formula is C12H11NO4S. The summed E-state index contributed by atoms with van der Waals surface area (Å²) in [6.45, 7) is -0.351. The van der Waals surface area contributed by atoms with Crippen LogP contribution < -0.4 is 10.4 Å². The van der Waals surface area contributed by atoms with Crippen molar-refractivity contribution >= 4 is 27.2 Å². The van der Waals surface area contributed by atoms with E-state index >= 15 is 0 Å². The third-order valence-electron chi connectivity index (χ3n) is 2.42. The number of Topliss-reactive ketones (excluding diaryl/α,β-unsaturated/α-hetero) is 1. The molecule has 0 aliphatic heterocycles. The highest BCUT2D eigenvalue weighted by molar-refractivity contribution is 7.16. The van der Waals surface area contributed by atoms with Crippen LogP contribution in [0.3, 0.4) is 0 Å². The molecule has 0 fully saturated rings. The number of carbonyl (C=O) groups excluding carboxylic acids is 1. The zero-order valence-electron chi connectivity index (χ0n) is 9.71. The van der Waals surface area contributed by atoms with Crippen molar-refractivity contribution in [1.82, 2.24) is 4.57 Å². The minimum Gasteiger partial charge on any atom is -0.377 e. The number of methoxy groups -OCH3 is 1. The van der Waals surface area contributed by atoms with Crippen LogP contribution in [0.15, 0.2) is 33.9 Å². The van der Waals surface area contributed by atoms with E-state index in [1.165, 1.54) is 7.11 Å². The van der Waals surface area contributed by atoms with Crippen molar-refractivity contribution < 1.29 is 9.53 Å². The van der Waals surface area contributed by atoms with Gasteiger partial charge in [0.25, 0.3) is 5.56 Å². The zero-order chi connectivity index (χ0) is 13.1. The molecule has 0 saturated carbocycles. The molecular weight excluding hydrogens is 254 g/mol. The quantitative estimate of drug-likeness (QED) is 0.813. The van der Waals surface area contributed by atoms with Crippen molar-refractivity contribution in [1.29, 1.82) is 0 Å². The molecule has 1 aromatic heterocycles. The normalized spacial score (nSPS) is 10.7. The van der Waals surface area contributed by atoms with Crippen LogP contribution in [0.25, 0.3) is 10.1 Å². The van der Waals surface area contributed by atoms with Crippen molar-refractivity contribution in [3.05, 3.63) is 44.3 Å². The standard InChI is InChI=1S/C12H11NO4S/c1-17-7-8(14)6-13-11(15)9-4-2-3-5-10(9)18-12(13)16/h2-5H,6-7H2,1H3. The maximum Gasteiger partial charge on any atom is 0.310 e. The van der Waals surface area contributed by atoms with Gasteiger partial charge in [-0.1, -0.05) is 23.5 Å². The molecule has 0 N–H and O–H groups in total. The first-order chi connectivity index (χ1) is 8.63. The second-order valence-electron chi connectivity index (χ2n) is 3.73. The molecule has 0 unspecified atom stereocenters. The summed E-state index contributed by atoms with van der Waals surface area (Å²) in [5, 5.41) is 0.451. The average molecular weight is 265 g/mol. The Morgan fingerprint density at radius 1 is 1.33 bits per heavy atom. The summed E-state index contributed by atoms with van der Waals surface area (Å²) in [5.41, 5.74) is -0.432. The predicted octanol–water partition coefficient (Wildman–Crippen LogP) is 0.639. The summed E-state index contributed by atoms with van der Waals surface area (Å²) in [7, 11) is 1.39. The molecule has 0 spiro atoms. The summed E-state index contributed by atoms with van der Waals surface area (Å²) >= 11 is 0.957. The van der Waals surface area contributed by atoms with E-state index < -0.39 is 10.4 Å². The molecule has 0 radical (unpaired) electrons. The fourth-order valence-corrected chi connectivity index (χ4v) is 2.49. The first-order valence-corrected chi connectivity index (χ1v) is 6.08. The molecule has 0 aliphatic rings. The van der Waals surface area contributed by atoms with Crippen molar-refractivity contribution in [2.24, 2.45) is 0 Å². The maximum atomic E-state index is 12.1. The van der Waals surface area contributed by atoms with Crippen LogP contribution in [0.4, 0.5) is 0 Å². The molecule has 1 heterocycles. The number of aromatic nitrogens is 1. The van der Waals surface area contributed by atoms with Crippen molar-refractivity contribution in [2.45, 2.75) is 6.54 Å². The van der Waals surface area contributed by atoms with Crippen LogP contribution in [-0.4, -0.2) is 24.1 Å². The van der Waals surface area contributed by atoms with E-state index in [4.69, 9.17) is 0 Å². The molecule has 0 atom stereocenters. The number of rotatable bonds is 4. The third kappa shape index (κ3) is 2.39. The summed E-state index contributed by atoms with van der Waals surface area (Å²) < 4.78 is 6.26. The van der Waals surface area contributed by atoms with E-state index in [0.717, 1.165) is 15.9 Å². The lowest BCUT2D eigenvalue weighted by molar-refractivity contribution is -0.123. The molecule has 0 bridgehead atoms. The molecule has 1 aromatic carbocycles. The number of ether oxygens (including phenoxy) is 1. The maximum absolute atomic E-state index is 12.1. The van der Waals surface area contributed by atoms with E-state index in [0.29, 0.717) is 10.1 Å². The largest absolute Gasteiger partial charge is 0.377 e. The molecule has 0 amide bonds. The monoisotopic (exact) mass is 265 g/mol. The lowest BCUT2D eigenvalue weighted by atomic mass is 10.3. The smallest absolute Gasteiger partial charge is 0.310 e. The fourth-order valence-electron chi connectivity index (χ4n) is 1.63. The number of nitrogens with zero attached hydrogens (tertiary/aromatic N) is 1. The molecule has 2 rings (SSSR count). The minimum atomic E-state index is -0.432. The number of hydrogen-bond acceptors (Lipinski definition) is 5. The van der Waals surface area contributed by atoms with Gasteiger partial charge < -0.3 is 4.74 Å². The molecule has 5 nitrogen and oxygen atoms in total. The van der Waals surface area contributed by atoms with Crippen molar-refractivity contribution in [3.63, 3.8) is 0 Å². The fraction of sp³-hybridized carbons (Fsp3) is 0.250. The lowest BCUT2D eigenvalue weighted by Gasteiger charge is -2.04. The van der Waals surface area contributed by atoms with Crippen LogP contribution in [0.5, 0.6) is 0 Å². The molecule has 18 heavy (non-hydrogen) atoms. The Kier molecular flexibility index (Phi) is 3.69.